The molecular formula is C20H11ClFNO3. The summed E-state index contributed by atoms with van der Waals surface area (Å²) in [5, 5.41) is 0.557. The van der Waals surface area contributed by atoms with Crippen molar-refractivity contribution in [3.63, 3.8) is 0 Å². The Balaban J connectivity index is 1.66. The average Bonchev–Trinajstić information content (AvgIpc) is 3.23. The lowest BCUT2D eigenvalue weighted by molar-refractivity contribution is -0.129. The van der Waals surface area contributed by atoms with Gasteiger partial charge in [-0.2, -0.15) is 0 Å². The number of cyclic esters (lactones) is 1. The number of carbonyl (C=O) groups is 1. The van der Waals surface area contributed by atoms with Gasteiger partial charge in [0.1, 0.15) is 17.3 Å². The number of benzene rings is 2. The molecule has 0 saturated heterocycles. The van der Waals surface area contributed by atoms with Crippen LogP contribution in [0.4, 0.5) is 4.39 Å². The predicted octanol–water partition coefficient (Wildman–Crippen LogP) is 5.08. The summed E-state index contributed by atoms with van der Waals surface area (Å²) < 4.78 is 24.6. The minimum Gasteiger partial charge on any atom is -0.457 e. The average molecular weight is 368 g/mol. The Bertz CT molecular complexity index is 1070. The molecule has 1 aromatic heterocycles. The van der Waals surface area contributed by atoms with Gasteiger partial charge in [-0.1, -0.05) is 35.9 Å². The van der Waals surface area contributed by atoms with E-state index in [0.29, 0.717) is 16.5 Å². The fraction of sp³-hybridized carbons (Fsp3) is 0. The second-order valence-corrected chi connectivity index (χ2v) is 5.90. The fourth-order valence-corrected chi connectivity index (χ4v) is 2.76. The maximum absolute atomic E-state index is 13.8. The Labute approximate surface area is 153 Å². The molecule has 0 radical (unpaired) electrons. The van der Waals surface area contributed by atoms with Crippen molar-refractivity contribution < 1.29 is 18.3 Å². The smallest absolute Gasteiger partial charge is 0.363 e. The first-order valence-corrected chi connectivity index (χ1v) is 8.12. The predicted molar refractivity (Wildman–Crippen MR) is 96.2 cm³/mol. The molecule has 0 unspecified atom stereocenters. The van der Waals surface area contributed by atoms with Gasteiger partial charge in [-0.25, -0.2) is 14.2 Å². The van der Waals surface area contributed by atoms with Crippen molar-refractivity contribution in [2.45, 2.75) is 0 Å². The molecule has 128 valence electrons. The minimum atomic E-state index is -0.668. The van der Waals surface area contributed by atoms with E-state index >= 15 is 0 Å². The van der Waals surface area contributed by atoms with Crippen molar-refractivity contribution in [3.05, 3.63) is 88.5 Å². The first-order chi connectivity index (χ1) is 12.6. The molecule has 6 heteroatoms. The molecule has 0 aliphatic carbocycles. The number of carbonyl (C=O) groups excluding carboxylic acids is 1. The van der Waals surface area contributed by atoms with Crippen LogP contribution in [0, 0.1) is 5.82 Å². The number of rotatable bonds is 3. The summed E-state index contributed by atoms with van der Waals surface area (Å²) in [5.74, 6) is -0.284. The van der Waals surface area contributed by atoms with Crippen LogP contribution in [-0.2, 0) is 9.53 Å². The molecule has 0 saturated carbocycles. The summed E-state index contributed by atoms with van der Waals surface area (Å²) in [4.78, 5) is 16.1. The van der Waals surface area contributed by atoms with E-state index in [1.54, 1.807) is 30.3 Å². The third-order valence-corrected chi connectivity index (χ3v) is 4.10. The molecule has 0 amide bonds. The molecule has 1 aliphatic heterocycles. The summed E-state index contributed by atoms with van der Waals surface area (Å²) in [6.45, 7) is 0. The highest BCUT2D eigenvalue weighted by atomic mass is 35.5. The quantitative estimate of drug-likeness (QED) is 0.479. The highest BCUT2D eigenvalue weighted by Crippen LogP contribution is 2.30. The number of furan rings is 1. The van der Waals surface area contributed by atoms with Gasteiger partial charge in [-0.15, -0.1) is 0 Å². The van der Waals surface area contributed by atoms with Crippen LogP contribution in [0.25, 0.3) is 17.4 Å². The van der Waals surface area contributed by atoms with Crippen molar-refractivity contribution in [2.75, 3.05) is 0 Å². The lowest BCUT2D eigenvalue weighted by Gasteiger charge is -1.99. The molecule has 0 atom stereocenters. The second kappa shape index (κ2) is 6.61. The molecule has 0 N–H and O–H groups in total. The third kappa shape index (κ3) is 3.05. The summed E-state index contributed by atoms with van der Waals surface area (Å²) in [6.07, 6.45) is 1.44. The van der Waals surface area contributed by atoms with Gasteiger partial charge in [0, 0.05) is 11.6 Å². The van der Waals surface area contributed by atoms with Crippen LogP contribution < -0.4 is 0 Å². The zero-order valence-corrected chi connectivity index (χ0v) is 14.0. The number of hydrogen-bond donors (Lipinski definition) is 0. The van der Waals surface area contributed by atoms with E-state index in [1.807, 2.05) is 18.2 Å². The van der Waals surface area contributed by atoms with Crippen LogP contribution in [0.1, 0.15) is 11.3 Å². The van der Waals surface area contributed by atoms with Gasteiger partial charge in [0.15, 0.2) is 5.70 Å². The van der Waals surface area contributed by atoms with Crippen molar-refractivity contribution in [1.82, 2.24) is 0 Å². The first-order valence-electron chi connectivity index (χ1n) is 7.74. The standard InChI is InChI=1S/C20H11ClFNO3/c21-15-7-3-1-5-13(15)18-10-9-12(25-18)11-17-20(24)26-19(23-17)14-6-2-4-8-16(14)22/h1-11H. The Morgan fingerprint density at radius 3 is 2.46 bits per heavy atom. The van der Waals surface area contributed by atoms with Gasteiger partial charge in [0.25, 0.3) is 0 Å². The molecule has 4 nitrogen and oxygen atoms in total. The monoisotopic (exact) mass is 367 g/mol. The van der Waals surface area contributed by atoms with Crippen molar-refractivity contribution >= 4 is 29.5 Å². The number of halogens is 2. The number of nitrogens with zero attached hydrogens (tertiary/aromatic N) is 1. The zero-order chi connectivity index (χ0) is 18.1. The van der Waals surface area contributed by atoms with E-state index in [9.17, 15) is 9.18 Å². The SMILES string of the molecule is O=C1OC(c2ccccc2F)=NC1=Cc1ccc(-c2ccccc2Cl)o1. The summed E-state index contributed by atoms with van der Waals surface area (Å²) in [7, 11) is 0. The van der Waals surface area contributed by atoms with E-state index in [2.05, 4.69) is 4.99 Å². The summed E-state index contributed by atoms with van der Waals surface area (Å²) in [5.41, 5.74) is 0.895. The molecule has 0 fully saturated rings. The summed E-state index contributed by atoms with van der Waals surface area (Å²) in [6, 6.07) is 16.7. The molecule has 0 bridgehead atoms. The molecular weight excluding hydrogens is 357 g/mol. The number of esters is 1. The van der Waals surface area contributed by atoms with E-state index in [-0.39, 0.29) is 17.2 Å². The van der Waals surface area contributed by atoms with Crippen molar-refractivity contribution in [1.29, 1.82) is 0 Å². The Hall–Kier alpha value is -3.18. The van der Waals surface area contributed by atoms with Gasteiger partial charge >= 0.3 is 5.97 Å². The van der Waals surface area contributed by atoms with E-state index < -0.39 is 11.8 Å². The number of aliphatic imine (C=N–C) groups is 1. The van der Waals surface area contributed by atoms with Crippen LogP contribution in [0.15, 0.2) is 75.8 Å². The molecule has 4 rings (SSSR count). The largest absolute Gasteiger partial charge is 0.457 e. The van der Waals surface area contributed by atoms with Gasteiger partial charge in [-0.3, -0.25) is 0 Å². The third-order valence-electron chi connectivity index (χ3n) is 3.77. The van der Waals surface area contributed by atoms with Gasteiger partial charge in [-0.05, 0) is 36.4 Å². The molecule has 3 aromatic rings. The number of hydrogen-bond acceptors (Lipinski definition) is 4. The molecule has 0 spiro atoms. The van der Waals surface area contributed by atoms with Crippen molar-refractivity contribution in [2.24, 2.45) is 4.99 Å². The molecule has 2 aromatic carbocycles. The van der Waals surface area contributed by atoms with Crippen LogP contribution >= 0.6 is 11.6 Å². The van der Waals surface area contributed by atoms with Crippen molar-refractivity contribution in [3.8, 4) is 11.3 Å². The van der Waals surface area contributed by atoms with Gasteiger partial charge < -0.3 is 9.15 Å². The van der Waals surface area contributed by atoms with Gasteiger partial charge in [0.05, 0.1) is 10.6 Å². The molecule has 1 aliphatic rings. The maximum Gasteiger partial charge on any atom is 0.363 e. The lowest BCUT2D eigenvalue weighted by atomic mass is 10.2. The normalized spacial score (nSPS) is 15.2. The van der Waals surface area contributed by atoms with E-state index in [0.717, 1.165) is 5.56 Å². The Morgan fingerprint density at radius 2 is 1.69 bits per heavy atom. The van der Waals surface area contributed by atoms with Crippen LogP contribution in [0.5, 0.6) is 0 Å². The van der Waals surface area contributed by atoms with Crippen LogP contribution in [0.3, 0.4) is 0 Å². The second-order valence-electron chi connectivity index (χ2n) is 5.50. The number of ether oxygens (including phenoxy) is 1. The molecule has 26 heavy (non-hydrogen) atoms. The lowest BCUT2D eigenvalue weighted by Crippen LogP contribution is -2.07. The Kier molecular flexibility index (Phi) is 4.14. The van der Waals surface area contributed by atoms with Crippen LogP contribution in [-0.4, -0.2) is 11.9 Å². The van der Waals surface area contributed by atoms with E-state index in [1.165, 1.54) is 18.2 Å². The van der Waals surface area contributed by atoms with Crippen LogP contribution in [0.2, 0.25) is 5.02 Å². The highest BCUT2D eigenvalue weighted by molar-refractivity contribution is 6.33. The first kappa shape index (κ1) is 16.3. The van der Waals surface area contributed by atoms with E-state index in [4.69, 9.17) is 20.8 Å². The topological polar surface area (TPSA) is 51.8 Å². The minimum absolute atomic E-state index is 0.0308. The molecule has 2 heterocycles. The van der Waals surface area contributed by atoms with Gasteiger partial charge in [0.2, 0.25) is 5.90 Å². The maximum atomic E-state index is 13.8. The highest BCUT2D eigenvalue weighted by Gasteiger charge is 2.26. The fourth-order valence-electron chi connectivity index (χ4n) is 2.53. The Morgan fingerprint density at radius 1 is 0.962 bits per heavy atom. The zero-order valence-electron chi connectivity index (χ0n) is 13.3. The summed E-state index contributed by atoms with van der Waals surface area (Å²) >= 11 is 6.16.